The zero-order valence-electron chi connectivity index (χ0n) is 18.0. The first-order chi connectivity index (χ1) is 15.8. The number of nitrogens with one attached hydrogen (secondary N) is 1. The lowest BCUT2D eigenvalue weighted by atomic mass is 9.85. The number of hydrogen-bond donors (Lipinski definition) is 1. The van der Waals surface area contributed by atoms with Crippen molar-refractivity contribution in [2.24, 2.45) is 7.05 Å². The van der Waals surface area contributed by atoms with Gasteiger partial charge in [0, 0.05) is 42.7 Å². The van der Waals surface area contributed by atoms with Crippen molar-refractivity contribution in [3.05, 3.63) is 75.8 Å². The summed E-state index contributed by atoms with van der Waals surface area (Å²) in [6, 6.07) is 3.10. The first-order valence-electron chi connectivity index (χ1n) is 10.4. The lowest BCUT2D eigenvalue weighted by Crippen LogP contribution is -2.39. The number of nitrogens with zero attached hydrogens (tertiary/aromatic N) is 6. The fourth-order valence-electron chi connectivity index (χ4n) is 3.61. The first kappa shape index (κ1) is 21.4. The molecule has 1 aromatic carbocycles. The van der Waals surface area contributed by atoms with Crippen LogP contribution in [0.3, 0.4) is 0 Å². The summed E-state index contributed by atoms with van der Waals surface area (Å²) in [7, 11) is 1.84. The third-order valence-corrected chi connectivity index (χ3v) is 6.94. The molecule has 1 fully saturated rings. The number of aromatic nitrogens is 6. The molecule has 3 aromatic heterocycles. The molecule has 1 unspecified atom stereocenters. The van der Waals surface area contributed by atoms with E-state index < -0.39 is 23.0 Å². The summed E-state index contributed by atoms with van der Waals surface area (Å²) < 4.78 is 30.0. The smallest absolute Gasteiger partial charge is 0.273 e. The maximum atomic E-state index is 14.0. The van der Waals surface area contributed by atoms with Gasteiger partial charge >= 0.3 is 0 Å². The minimum Gasteiger partial charge on any atom is -0.349 e. The van der Waals surface area contributed by atoms with Crippen LogP contribution in [-0.4, -0.2) is 42.2 Å². The number of benzene rings is 1. The molecule has 170 valence electrons. The van der Waals surface area contributed by atoms with E-state index in [9.17, 15) is 13.6 Å². The summed E-state index contributed by atoms with van der Waals surface area (Å²) in [5, 5.41) is 17.9. The summed E-state index contributed by atoms with van der Waals surface area (Å²) in [6.45, 7) is 2.28. The van der Waals surface area contributed by atoms with E-state index in [1.807, 2.05) is 20.2 Å². The predicted octanol–water partition coefficient (Wildman–Crippen LogP) is 3.35. The van der Waals surface area contributed by atoms with E-state index in [4.69, 9.17) is 4.98 Å². The molecule has 0 aliphatic heterocycles. The molecule has 0 spiro atoms. The second-order valence-corrected chi connectivity index (χ2v) is 9.27. The number of carbonyl (C=O) groups excluding carboxylic acids is 1. The number of hydrogen-bond acceptors (Lipinski definition) is 6. The number of amides is 1. The van der Waals surface area contributed by atoms with E-state index in [1.165, 1.54) is 12.3 Å². The van der Waals surface area contributed by atoms with Crippen LogP contribution in [0.4, 0.5) is 8.78 Å². The van der Waals surface area contributed by atoms with Gasteiger partial charge in [0.2, 0.25) is 0 Å². The van der Waals surface area contributed by atoms with Gasteiger partial charge in [-0.05, 0) is 31.9 Å². The standard InChI is InChI=1S/C22H21F2N7OS/c1-22(14-8-26-30(2)9-14,21-27-18(11-33-21)13-3-4-13)12-25-20(32)17-10-31(29-28-17)19-6-5-15(23)7-16(19)24/h5-11,13H,3-4,12H2,1-2H3,(H,25,32). The fraction of sp³-hybridized carbons (Fsp3) is 0.318. The van der Waals surface area contributed by atoms with Gasteiger partial charge in [-0.1, -0.05) is 5.21 Å². The molecule has 3 heterocycles. The molecular formula is C22H21F2N7OS. The number of aryl methyl sites for hydroxylation is 1. The molecule has 1 atom stereocenters. The number of thiazole rings is 1. The quantitative estimate of drug-likeness (QED) is 0.448. The maximum absolute atomic E-state index is 14.0. The Morgan fingerprint density at radius 3 is 2.82 bits per heavy atom. The SMILES string of the molecule is Cn1cc(C(C)(CNC(=O)c2cn(-c3ccc(F)cc3F)nn2)c2nc(C3CC3)cs2)cn1. The molecule has 8 nitrogen and oxygen atoms in total. The zero-order valence-corrected chi connectivity index (χ0v) is 18.8. The van der Waals surface area contributed by atoms with E-state index in [0.29, 0.717) is 5.92 Å². The third-order valence-electron chi connectivity index (χ3n) is 5.82. The minimum atomic E-state index is -0.800. The van der Waals surface area contributed by atoms with Crippen molar-refractivity contribution in [1.29, 1.82) is 0 Å². The highest BCUT2D eigenvalue weighted by Gasteiger charge is 2.36. The van der Waals surface area contributed by atoms with Gasteiger partial charge in [-0.3, -0.25) is 9.48 Å². The van der Waals surface area contributed by atoms with Gasteiger partial charge in [0.1, 0.15) is 16.5 Å². The van der Waals surface area contributed by atoms with Gasteiger partial charge in [-0.25, -0.2) is 18.4 Å². The molecule has 0 radical (unpaired) electrons. The van der Waals surface area contributed by atoms with Crippen molar-refractivity contribution in [2.75, 3.05) is 6.54 Å². The van der Waals surface area contributed by atoms with Gasteiger partial charge in [-0.15, -0.1) is 16.4 Å². The van der Waals surface area contributed by atoms with Crippen molar-refractivity contribution < 1.29 is 13.6 Å². The van der Waals surface area contributed by atoms with E-state index in [1.54, 1.807) is 22.2 Å². The Balaban J connectivity index is 1.37. The second kappa shape index (κ2) is 8.14. The minimum absolute atomic E-state index is 0.00135. The third kappa shape index (κ3) is 4.15. The normalized spacial score (nSPS) is 15.4. The van der Waals surface area contributed by atoms with Gasteiger partial charge in [0.15, 0.2) is 11.5 Å². The Morgan fingerprint density at radius 2 is 2.12 bits per heavy atom. The highest BCUT2D eigenvalue weighted by molar-refractivity contribution is 7.09. The Morgan fingerprint density at radius 1 is 1.30 bits per heavy atom. The summed E-state index contributed by atoms with van der Waals surface area (Å²) in [5.74, 6) is -1.43. The molecule has 0 saturated heterocycles. The molecule has 33 heavy (non-hydrogen) atoms. The molecule has 5 rings (SSSR count). The molecule has 1 N–H and O–H groups in total. The van der Waals surface area contributed by atoms with E-state index in [2.05, 4.69) is 26.1 Å². The second-order valence-electron chi connectivity index (χ2n) is 8.41. The Hall–Kier alpha value is -3.47. The Bertz CT molecular complexity index is 1330. The van der Waals surface area contributed by atoms with Crippen molar-refractivity contribution >= 4 is 17.2 Å². The monoisotopic (exact) mass is 469 g/mol. The van der Waals surface area contributed by atoms with Crippen molar-refractivity contribution in [3.8, 4) is 5.69 Å². The molecule has 0 bridgehead atoms. The van der Waals surface area contributed by atoms with Crippen LogP contribution >= 0.6 is 11.3 Å². The van der Waals surface area contributed by atoms with E-state index in [-0.39, 0.29) is 17.9 Å². The van der Waals surface area contributed by atoms with E-state index >= 15 is 0 Å². The van der Waals surface area contributed by atoms with Crippen LogP contribution in [0.5, 0.6) is 0 Å². The summed E-state index contributed by atoms with van der Waals surface area (Å²) in [6.07, 6.45) is 7.32. The van der Waals surface area contributed by atoms with Crippen LogP contribution in [0.25, 0.3) is 5.69 Å². The summed E-state index contributed by atoms with van der Waals surface area (Å²) in [5.41, 5.74) is 1.45. The molecule has 1 amide bonds. The maximum Gasteiger partial charge on any atom is 0.273 e. The number of rotatable bonds is 7. The molecule has 1 saturated carbocycles. The Kier molecular flexibility index (Phi) is 5.28. The van der Waals surface area contributed by atoms with Gasteiger partial charge < -0.3 is 5.32 Å². The number of carbonyl (C=O) groups is 1. The zero-order chi connectivity index (χ0) is 23.2. The molecule has 1 aliphatic carbocycles. The molecule has 1 aliphatic rings. The van der Waals surface area contributed by atoms with Crippen LogP contribution in [0, 0.1) is 11.6 Å². The van der Waals surface area contributed by atoms with Crippen molar-refractivity contribution in [3.63, 3.8) is 0 Å². The Labute approximate surface area is 192 Å². The summed E-state index contributed by atoms with van der Waals surface area (Å²) >= 11 is 1.58. The molecular weight excluding hydrogens is 448 g/mol. The van der Waals surface area contributed by atoms with Crippen LogP contribution in [0.2, 0.25) is 0 Å². The first-order valence-corrected chi connectivity index (χ1v) is 11.3. The van der Waals surface area contributed by atoms with Gasteiger partial charge in [-0.2, -0.15) is 5.10 Å². The van der Waals surface area contributed by atoms with Crippen LogP contribution in [-0.2, 0) is 12.5 Å². The number of halogens is 2. The molecule has 4 aromatic rings. The highest BCUT2D eigenvalue weighted by atomic mass is 32.1. The van der Waals surface area contributed by atoms with Crippen LogP contribution in [0.1, 0.15) is 52.4 Å². The average molecular weight is 470 g/mol. The largest absolute Gasteiger partial charge is 0.349 e. The summed E-state index contributed by atoms with van der Waals surface area (Å²) in [4.78, 5) is 17.7. The van der Waals surface area contributed by atoms with E-state index in [0.717, 1.165) is 45.9 Å². The van der Waals surface area contributed by atoms with Crippen LogP contribution < -0.4 is 5.32 Å². The highest BCUT2D eigenvalue weighted by Crippen LogP contribution is 2.42. The lowest BCUT2D eigenvalue weighted by molar-refractivity contribution is 0.0942. The topological polar surface area (TPSA) is 90.5 Å². The fourth-order valence-corrected chi connectivity index (χ4v) is 4.70. The average Bonchev–Trinajstić information content (AvgIpc) is 3.19. The molecule has 11 heteroatoms. The van der Waals surface area contributed by atoms with Gasteiger partial charge in [0.25, 0.3) is 5.91 Å². The van der Waals surface area contributed by atoms with Crippen LogP contribution in [0.15, 0.2) is 42.2 Å². The van der Waals surface area contributed by atoms with Crippen molar-refractivity contribution in [2.45, 2.75) is 31.1 Å². The lowest BCUT2D eigenvalue weighted by Gasteiger charge is -2.26. The predicted molar refractivity (Wildman–Crippen MR) is 117 cm³/mol. The van der Waals surface area contributed by atoms with Gasteiger partial charge in [0.05, 0.1) is 23.5 Å². The van der Waals surface area contributed by atoms with Crippen molar-refractivity contribution in [1.82, 2.24) is 35.1 Å².